The van der Waals surface area contributed by atoms with Crippen molar-refractivity contribution >= 4 is 31.8 Å². The van der Waals surface area contributed by atoms with Crippen molar-refractivity contribution in [2.75, 3.05) is 17.7 Å². The number of benzene rings is 1. The molecule has 0 amide bonds. The summed E-state index contributed by atoms with van der Waals surface area (Å²) in [5, 5.41) is 7.10. The molecule has 0 spiro atoms. The van der Waals surface area contributed by atoms with Gasteiger partial charge in [0.25, 0.3) is 5.66 Å². The van der Waals surface area contributed by atoms with E-state index >= 15 is 0 Å². The lowest BCUT2D eigenvalue weighted by Crippen LogP contribution is -2.08. The predicted octanol–water partition coefficient (Wildman–Crippen LogP) is 4.56. The Kier molecular flexibility index (Phi) is 5.80. The zero-order valence-electron chi connectivity index (χ0n) is 15.3. The lowest BCUT2D eigenvalue weighted by atomic mass is 10.1. The van der Waals surface area contributed by atoms with Gasteiger partial charge in [0, 0.05) is 25.6 Å². The van der Waals surface area contributed by atoms with Crippen LogP contribution in [0.25, 0.3) is 11.0 Å². The number of fused-ring (bicyclic) bond motifs is 1. The molecular weight excluding hydrogens is 367 g/mol. The molecular formula is C19H22F2N5P. The van der Waals surface area contributed by atoms with Crippen LogP contribution in [0.3, 0.4) is 0 Å². The zero-order chi connectivity index (χ0) is 19.4. The number of hydrogen-bond donors (Lipinski definition) is 2. The molecule has 0 aliphatic heterocycles. The van der Waals surface area contributed by atoms with Crippen LogP contribution in [-0.2, 0) is 18.6 Å². The van der Waals surface area contributed by atoms with Crippen LogP contribution in [0.4, 0.5) is 20.3 Å². The van der Waals surface area contributed by atoms with Gasteiger partial charge in [-0.1, -0.05) is 34.4 Å². The smallest absolute Gasteiger partial charge is 0.283 e. The molecule has 2 aromatic heterocycles. The van der Waals surface area contributed by atoms with Crippen molar-refractivity contribution in [2.24, 2.45) is 0 Å². The quantitative estimate of drug-likeness (QED) is 0.580. The first-order chi connectivity index (χ1) is 12.9. The lowest BCUT2D eigenvalue weighted by Gasteiger charge is -2.14. The third-order valence-electron chi connectivity index (χ3n) is 4.13. The van der Waals surface area contributed by atoms with Gasteiger partial charge in [-0.15, -0.1) is 0 Å². The topological polar surface area (TPSA) is 62.7 Å². The summed E-state index contributed by atoms with van der Waals surface area (Å²) in [6.45, 7) is 2.43. The highest BCUT2D eigenvalue weighted by Crippen LogP contribution is 2.35. The van der Waals surface area contributed by atoms with Gasteiger partial charge in [-0.3, -0.25) is 0 Å². The van der Waals surface area contributed by atoms with E-state index in [-0.39, 0.29) is 5.56 Å². The van der Waals surface area contributed by atoms with Crippen molar-refractivity contribution in [1.82, 2.24) is 15.0 Å². The van der Waals surface area contributed by atoms with Crippen LogP contribution in [0.15, 0.2) is 36.5 Å². The van der Waals surface area contributed by atoms with Crippen LogP contribution < -0.4 is 10.6 Å². The SMILES string of the molecule is CCCc1nc(NCc2cccc(C(F)(F)P)c2)c2cc(NC)cnc2n1. The van der Waals surface area contributed by atoms with E-state index in [1.807, 2.05) is 13.1 Å². The van der Waals surface area contributed by atoms with E-state index in [0.717, 1.165) is 29.5 Å². The minimum absolute atomic E-state index is 0.0369. The Balaban J connectivity index is 1.93. The Hall–Kier alpha value is -2.40. The minimum Gasteiger partial charge on any atom is -0.387 e. The van der Waals surface area contributed by atoms with Crippen molar-refractivity contribution in [3.05, 3.63) is 53.5 Å². The first kappa shape index (κ1) is 19.4. The first-order valence-corrected chi connectivity index (χ1v) is 9.33. The third kappa shape index (κ3) is 4.66. The number of anilines is 2. The molecule has 0 saturated carbocycles. The Bertz CT molecular complexity index is 943. The summed E-state index contributed by atoms with van der Waals surface area (Å²) in [6, 6.07) is 8.27. The fraction of sp³-hybridized carbons (Fsp3) is 0.316. The molecule has 27 heavy (non-hydrogen) atoms. The van der Waals surface area contributed by atoms with Gasteiger partial charge in [0.15, 0.2) is 5.65 Å². The van der Waals surface area contributed by atoms with Crippen LogP contribution in [-0.4, -0.2) is 22.0 Å². The van der Waals surface area contributed by atoms with Gasteiger partial charge in [0.05, 0.1) is 17.3 Å². The summed E-state index contributed by atoms with van der Waals surface area (Å²) in [7, 11) is 3.39. The van der Waals surface area contributed by atoms with Crippen molar-refractivity contribution in [3.8, 4) is 0 Å². The predicted molar refractivity (Wildman–Crippen MR) is 108 cm³/mol. The molecule has 8 heteroatoms. The van der Waals surface area contributed by atoms with E-state index in [1.54, 1.807) is 27.6 Å². The Morgan fingerprint density at radius 3 is 2.70 bits per heavy atom. The maximum atomic E-state index is 13.5. The number of nitrogens with zero attached hydrogens (tertiary/aromatic N) is 3. The summed E-state index contributed by atoms with van der Waals surface area (Å²) in [5.41, 5.74) is -0.777. The second-order valence-electron chi connectivity index (χ2n) is 6.26. The molecule has 0 radical (unpaired) electrons. The van der Waals surface area contributed by atoms with Crippen molar-refractivity contribution in [2.45, 2.75) is 32.0 Å². The van der Waals surface area contributed by atoms with Gasteiger partial charge >= 0.3 is 0 Å². The van der Waals surface area contributed by atoms with E-state index < -0.39 is 5.66 Å². The number of hydrogen-bond acceptors (Lipinski definition) is 5. The van der Waals surface area contributed by atoms with Gasteiger partial charge in [-0.05, 0) is 24.1 Å². The fourth-order valence-electron chi connectivity index (χ4n) is 2.74. The Morgan fingerprint density at radius 2 is 2.00 bits per heavy atom. The lowest BCUT2D eigenvalue weighted by molar-refractivity contribution is 0.104. The molecule has 5 nitrogen and oxygen atoms in total. The molecule has 3 aromatic rings. The molecule has 1 unspecified atom stereocenters. The second-order valence-corrected chi connectivity index (χ2v) is 6.99. The zero-order valence-corrected chi connectivity index (χ0v) is 16.4. The van der Waals surface area contributed by atoms with Gasteiger partial charge in [0.2, 0.25) is 0 Å². The van der Waals surface area contributed by atoms with E-state index in [4.69, 9.17) is 0 Å². The molecule has 0 fully saturated rings. The van der Waals surface area contributed by atoms with Gasteiger partial charge < -0.3 is 10.6 Å². The molecule has 2 heterocycles. The van der Waals surface area contributed by atoms with Crippen molar-refractivity contribution in [3.63, 3.8) is 0 Å². The molecule has 0 bridgehead atoms. The normalized spacial score (nSPS) is 11.6. The van der Waals surface area contributed by atoms with E-state index in [9.17, 15) is 8.78 Å². The number of pyridine rings is 1. The Morgan fingerprint density at radius 1 is 1.19 bits per heavy atom. The standard InChI is InChI=1S/C19H22F2N5P/c1-3-5-16-25-17(15-9-14(22-2)11-24-18(15)26-16)23-10-12-6-4-7-13(8-12)19(20,21)27/h4,6-9,11,22H,3,5,10,27H2,1-2H3,(H,23,24,25,26). The van der Waals surface area contributed by atoms with E-state index in [1.165, 1.54) is 12.1 Å². The molecule has 0 saturated heterocycles. The van der Waals surface area contributed by atoms with Crippen molar-refractivity contribution in [1.29, 1.82) is 0 Å². The van der Waals surface area contributed by atoms with Crippen molar-refractivity contribution < 1.29 is 8.78 Å². The largest absolute Gasteiger partial charge is 0.387 e. The summed E-state index contributed by atoms with van der Waals surface area (Å²) < 4.78 is 27.1. The molecule has 142 valence electrons. The number of halogens is 2. The second kappa shape index (κ2) is 8.09. The number of aromatic nitrogens is 3. The minimum atomic E-state index is -2.95. The first-order valence-electron chi connectivity index (χ1n) is 8.75. The summed E-state index contributed by atoms with van der Waals surface area (Å²) in [6.07, 6.45) is 3.39. The van der Waals surface area contributed by atoms with E-state index in [2.05, 4.69) is 32.5 Å². The van der Waals surface area contributed by atoms with Crippen LogP contribution in [0.2, 0.25) is 0 Å². The molecule has 2 N–H and O–H groups in total. The van der Waals surface area contributed by atoms with E-state index in [0.29, 0.717) is 23.8 Å². The molecule has 1 atom stereocenters. The average molecular weight is 389 g/mol. The number of alkyl halides is 2. The summed E-state index contributed by atoms with van der Waals surface area (Å²) >= 11 is 0. The monoisotopic (exact) mass is 389 g/mol. The number of rotatable bonds is 7. The number of aryl methyl sites for hydroxylation is 1. The molecule has 0 aliphatic rings. The van der Waals surface area contributed by atoms with Crippen LogP contribution in [0.5, 0.6) is 0 Å². The summed E-state index contributed by atoms with van der Waals surface area (Å²) in [4.78, 5) is 13.5. The Labute approximate surface area is 159 Å². The molecule has 0 aliphatic carbocycles. The highest BCUT2D eigenvalue weighted by Gasteiger charge is 2.24. The summed E-state index contributed by atoms with van der Waals surface area (Å²) in [5.74, 6) is 1.36. The third-order valence-corrected chi connectivity index (χ3v) is 4.47. The van der Waals surface area contributed by atoms with Gasteiger partial charge in [-0.25, -0.2) is 15.0 Å². The fourth-order valence-corrected chi connectivity index (χ4v) is 2.92. The maximum Gasteiger partial charge on any atom is 0.283 e. The average Bonchev–Trinajstić information content (AvgIpc) is 2.65. The number of nitrogens with one attached hydrogen (secondary N) is 2. The van der Waals surface area contributed by atoms with Crippen LogP contribution in [0.1, 0.15) is 30.3 Å². The highest BCUT2D eigenvalue weighted by atomic mass is 31.0. The van der Waals surface area contributed by atoms with Gasteiger partial charge in [0.1, 0.15) is 11.6 Å². The maximum absolute atomic E-state index is 13.5. The van der Waals surface area contributed by atoms with Gasteiger partial charge in [-0.2, -0.15) is 8.78 Å². The van der Waals surface area contributed by atoms with Crippen LogP contribution in [0, 0.1) is 0 Å². The molecule has 1 aromatic carbocycles. The van der Waals surface area contributed by atoms with Crippen LogP contribution >= 0.6 is 9.24 Å². The highest BCUT2D eigenvalue weighted by molar-refractivity contribution is 7.17. The molecule has 3 rings (SSSR count).